The Bertz CT molecular complexity index is 1010. The molecule has 1 unspecified atom stereocenters. The third-order valence-electron chi connectivity index (χ3n) is 5.98. The SMILES string of the molecule is Cc1ccccc1C(C(=O)NC1CCCCC1)N(Cc1nccs1)C(=O)Cn1ccnc1. The third-order valence-corrected chi connectivity index (χ3v) is 6.75. The van der Waals surface area contributed by atoms with Crippen molar-refractivity contribution >= 4 is 23.2 Å². The summed E-state index contributed by atoms with van der Waals surface area (Å²) < 4.78 is 1.73. The van der Waals surface area contributed by atoms with Crippen molar-refractivity contribution in [1.29, 1.82) is 0 Å². The van der Waals surface area contributed by atoms with E-state index < -0.39 is 6.04 Å². The fourth-order valence-electron chi connectivity index (χ4n) is 4.30. The Kier molecular flexibility index (Phi) is 7.32. The van der Waals surface area contributed by atoms with Crippen LogP contribution in [0.15, 0.2) is 54.6 Å². The van der Waals surface area contributed by atoms with E-state index in [1.807, 2.05) is 36.6 Å². The van der Waals surface area contributed by atoms with Crippen molar-refractivity contribution in [3.63, 3.8) is 0 Å². The molecule has 7 nitrogen and oxygen atoms in total. The van der Waals surface area contributed by atoms with Gasteiger partial charge in [0.2, 0.25) is 11.8 Å². The summed E-state index contributed by atoms with van der Waals surface area (Å²) in [6.45, 7) is 2.38. The van der Waals surface area contributed by atoms with Crippen molar-refractivity contribution in [3.05, 3.63) is 70.7 Å². The van der Waals surface area contributed by atoms with E-state index in [1.165, 1.54) is 17.8 Å². The summed E-state index contributed by atoms with van der Waals surface area (Å²) >= 11 is 1.48. The molecule has 1 fully saturated rings. The molecule has 0 bridgehead atoms. The summed E-state index contributed by atoms with van der Waals surface area (Å²) in [5.41, 5.74) is 1.83. The summed E-state index contributed by atoms with van der Waals surface area (Å²) in [7, 11) is 0. The minimum atomic E-state index is -0.724. The molecule has 0 saturated heterocycles. The number of rotatable bonds is 8. The van der Waals surface area contributed by atoms with Crippen LogP contribution in [-0.4, -0.2) is 37.3 Å². The van der Waals surface area contributed by atoms with Gasteiger partial charge in [-0.05, 0) is 30.9 Å². The highest BCUT2D eigenvalue weighted by molar-refractivity contribution is 7.09. The number of hydrogen-bond acceptors (Lipinski definition) is 5. The molecule has 1 saturated carbocycles. The molecule has 2 heterocycles. The van der Waals surface area contributed by atoms with Crippen molar-refractivity contribution in [3.8, 4) is 0 Å². The first-order chi connectivity index (χ1) is 15.6. The van der Waals surface area contributed by atoms with Gasteiger partial charge in [0.1, 0.15) is 17.6 Å². The van der Waals surface area contributed by atoms with Gasteiger partial charge in [-0.3, -0.25) is 9.59 Å². The number of carbonyl (C=O) groups excluding carboxylic acids is 2. The highest BCUT2D eigenvalue weighted by Crippen LogP contribution is 2.28. The smallest absolute Gasteiger partial charge is 0.247 e. The summed E-state index contributed by atoms with van der Waals surface area (Å²) in [6.07, 6.45) is 12.2. The number of carbonyl (C=O) groups is 2. The second-order valence-corrected chi connectivity index (χ2v) is 9.26. The predicted octanol–water partition coefficient (Wildman–Crippen LogP) is 3.87. The van der Waals surface area contributed by atoms with Crippen LogP contribution >= 0.6 is 11.3 Å². The highest BCUT2D eigenvalue weighted by atomic mass is 32.1. The molecule has 3 aromatic rings. The van der Waals surface area contributed by atoms with E-state index in [1.54, 1.807) is 34.4 Å². The van der Waals surface area contributed by atoms with E-state index in [0.717, 1.165) is 41.8 Å². The van der Waals surface area contributed by atoms with Crippen molar-refractivity contribution < 1.29 is 9.59 Å². The quantitative estimate of drug-likeness (QED) is 0.564. The number of nitrogens with one attached hydrogen (secondary N) is 1. The zero-order valence-corrected chi connectivity index (χ0v) is 19.1. The van der Waals surface area contributed by atoms with Crippen molar-refractivity contribution in [2.75, 3.05) is 0 Å². The second kappa shape index (κ2) is 10.5. The van der Waals surface area contributed by atoms with Crippen LogP contribution in [0.2, 0.25) is 0 Å². The lowest BCUT2D eigenvalue weighted by Gasteiger charge is -2.33. The Morgan fingerprint density at radius 2 is 2.03 bits per heavy atom. The number of thiazole rings is 1. The molecule has 0 spiro atoms. The fourth-order valence-corrected chi connectivity index (χ4v) is 4.91. The topological polar surface area (TPSA) is 80.1 Å². The van der Waals surface area contributed by atoms with E-state index in [-0.39, 0.29) is 30.9 Å². The maximum atomic E-state index is 13.7. The number of nitrogens with zero attached hydrogens (tertiary/aromatic N) is 4. The molecule has 32 heavy (non-hydrogen) atoms. The van der Waals surface area contributed by atoms with E-state index in [4.69, 9.17) is 0 Å². The highest BCUT2D eigenvalue weighted by Gasteiger charge is 2.34. The minimum absolute atomic E-state index is 0.116. The van der Waals surface area contributed by atoms with Gasteiger partial charge in [0, 0.05) is 30.0 Å². The molecule has 8 heteroatoms. The summed E-state index contributed by atoms with van der Waals surface area (Å²) in [5.74, 6) is -0.271. The Morgan fingerprint density at radius 1 is 1.22 bits per heavy atom. The van der Waals surface area contributed by atoms with E-state index >= 15 is 0 Å². The molecule has 1 atom stereocenters. The van der Waals surface area contributed by atoms with Crippen LogP contribution in [-0.2, 0) is 22.7 Å². The Hall–Kier alpha value is -3.00. The van der Waals surface area contributed by atoms with Crippen LogP contribution in [0.4, 0.5) is 0 Å². The molecule has 1 N–H and O–H groups in total. The van der Waals surface area contributed by atoms with Gasteiger partial charge in [-0.1, -0.05) is 43.5 Å². The molecule has 1 aliphatic carbocycles. The van der Waals surface area contributed by atoms with Gasteiger partial charge in [0.25, 0.3) is 0 Å². The van der Waals surface area contributed by atoms with Crippen molar-refractivity contribution in [2.45, 2.75) is 64.2 Å². The number of aromatic nitrogens is 3. The molecule has 1 aliphatic rings. The van der Waals surface area contributed by atoms with E-state index in [2.05, 4.69) is 15.3 Å². The first-order valence-corrected chi connectivity index (χ1v) is 12.0. The molecular weight excluding hydrogens is 422 g/mol. The van der Waals surface area contributed by atoms with E-state index in [0.29, 0.717) is 0 Å². The largest absolute Gasteiger partial charge is 0.351 e. The van der Waals surface area contributed by atoms with Crippen LogP contribution in [0.25, 0.3) is 0 Å². The molecule has 168 valence electrons. The molecule has 2 aromatic heterocycles. The molecular formula is C24H29N5O2S. The number of aryl methyl sites for hydroxylation is 1. The van der Waals surface area contributed by atoms with Gasteiger partial charge in [0.15, 0.2) is 0 Å². The number of amides is 2. The van der Waals surface area contributed by atoms with Gasteiger partial charge in [-0.15, -0.1) is 11.3 Å². The normalized spacial score (nSPS) is 15.3. The molecule has 0 aliphatic heterocycles. The minimum Gasteiger partial charge on any atom is -0.351 e. The lowest BCUT2D eigenvalue weighted by Crippen LogP contribution is -2.47. The Morgan fingerprint density at radius 3 is 2.72 bits per heavy atom. The maximum Gasteiger partial charge on any atom is 0.247 e. The lowest BCUT2D eigenvalue weighted by molar-refractivity contribution is -0.142. The summed E-state index contributed by atoms with van der Waals surface area (Å²) in [6, 6.07) is 7.24. The monoisotopic (exact) mass is 451 g/mol. The van der Waals surface area contributed by atoms with Crippen LogP contribution in [0.3, 0.4) is 0 Å². The Balaban J connectivity index is 1.68. The molecule has 2 amide bonds. The first-order valence-electron chi connectivity index (χ1n) is 11.1. The van der Waals surface area contributed by atoms with Crippen LogP contribution < -0.4 is 5.32 Å². The number of imidazole rings is 1. The predicted molar refractivity (Wildman–Crippen MR) is 124 cm³/mol. The standard InChI is InChI=1S/C24H29N5O2S/c1-18-7-5-6-10-20(18)23(24(31)27-19-8-3-2-4-9-19)29(15-21-26-12-14-32-21)22(30)16-28-13-11-25-17-28/h5-7,10-14,17,19,23H,2-4,8-9,15-16H2,1H3,(H,27,31). The molecule has 1 aromatic carbocycles. The van der Waals surface area contributed by atoms with Crippen LogP contribution in [0.5, 0.6) is 0 Å². The van der Waals surface area contributed by atoms with Gasteiger partial charge >= 0.3 is 0 Å². The Labute approximate surface area is 192 Å². The van der Waals surface area contributed by atoms with Crippen LogP contribution in [0, 0.1) is 6.92 Å². The van der Waals surface area contributed by atoms with Gasteiger partial charge in [-0.25, -0.2) is 9.97 Å². The van der Waals surface area contributed by atoms with Gasteiger partial charge in [-0.2, -0.15) is 0 Å². The summed E-state index contributed by atoms with van der Waals surface area (Å²) in [5, 5.41) is 5.94. The van der Waals surface area contributed by atoms with E-state index in [9.17, 15) is 9.59 Å². The van der Waals surface area contributed by atoms with Crippen LogP contribution in [0.1, 0.15) is 54.3 Å². The third kappa shape index (κ3) is 5.43. The zero-order chi connectivity index (χ0) is 22.3. The van der Waals surface area contributed by atoms with Crippen molar-refractivity contribution in [2.24, 2.45) is 0 Å². The zero-order valence-electron chi connectivity index (χ0n) is 18.3. The molecule has 4 rings (SSSR count). The van der Waals surface area contributed by atoms with Gasteiger partial charge in [0.05, 0.1) is 12.9 Å². The summed E-state index contributed by atoms with van der Waals surface area (Å²) in [4.78, 5) is 37.3. The number of hydrogen-bond donors (Lipinski definition) is 1. The fraction of sp³-hybridized carbons (Fsp3) is 0.417. The van der Waals surface area contributed by atoms with Crippen molar-refractivity contribution in [1.82, 2.24) is 24.8 Å². The van der Waals surface area contributed by atoms with Gasteiger partial charge < -0.3 is 14.8 Å². The average molecular weight is 452 g/mol. The maximum absolute atomic E-state index is 13.7. The average Bonchev–Trinajstić information content (AvgIpc) is 3.49. The number of benzene rings is 1. The molecule has 0 radical (unpaired) electrons. The second-order valence-electron chi connectivity index (χ2n) is 8.29. The lowest BCUT2D eigenvalue weighted by atomic mass is 9.94. The first kappa shape index (κ1) is 22.2.